The molecule has 0 spiro atoms. The molecule has 0 aromatic heterocycles. The minimum atomic E-state index is 0.197. The van der Waals surface area contributed by atoms with Crippen LogP contribution in [0.1, 0.15) is 24.0 Å². The van der Waals surface area contributed by atoms with Crippen molar-refractivity contribution >= 4 is 0 Å². The molecule has 2 aromatic carbocycles. The lowest BCUT2D eigenvalue weighted by molar-refractivity contribution is 0.174. The van der Waals surface area contributed by atoms with Crippen molar-refractivity contribution in [2.45, 2.75) is 19.3 Å². The van der Waals surface area contributed by atoms with E-state index < -0.39 is 0 Å². The molecule has 1 atom stereocenters. The van der Waals surface area contributed by atoms with Crippen LogP contribution in [0.2, 0.25) is 0 Å². The summed E-state index contributed by atoms with van der Waals surface area (Å²) in [5.41, 5.74) is 8.33. The van der Waals surface area contributed by atoms with E-state index in [1.54, 1.807) is 7.11 Å². The van der Waals surface area contributed by atoms with Crippen LogP contribution in [0.25, 0.3) is 0 Å². The first-order valence-corrected chi connectivity index (χ1v) is 8.14. The third-order valence-electron chi connectivity index (χ3n) is 4.16. The molecule has 5 heteroatoms. The Morgan fingerprint density at radius 2 is 1.92 bits per heavy atom. The maximum Gasteiger partial charge on any atom is 0.231 e. The Bertz CT molecular complexity index is 702. The molecule has 1 unspecified atom stereocenters. The zero-order valence-electron chi connectivity index (χ0n) is 14.1. The van der Waals surface area contributed by atoms with Crippen LogP contribution >= 0.6 is 0 Å². The van der Waals surface area contributed by atoms with E-state index >= 15 is 0 Å². The molecule has 0 saturated carbocycles. The van der Waals surface area contributed by atoms with Crippen molar-refractivity contribution in [1.29, 1.82) is 0 Å². The van der Waals surface area contributed by atoms with E-state index in [1.807, 2.05) is 31.2 Å². The van der Waals surface area contributed by atoms with Crippen LogP contribution in [-0.2, 0) is 6.42 Å². The Morgan fingerprint density at radius 3 is 2.67 bits per heavy atom. The van der Waals surface area contributed by atoms with Gasteiger partial charge in [-0.2, -0.15) is 0 Å². The smallest absolute Gasteiger partial charge is 0.231 e. The highest BCUT2D eigenvalue weighted by Crippen LogP contribution is 2.36. The molecule has 0 radical (unpaired) electrons. The quantitative estimate of drug-likeness (QED) is 0.845. The summed E-state index contributed by atoms with van der Waals surface area (Å²) >= 11 is 0. The third kappa shape index (κ3) is 3.41. The molecule has 0 saturated heterocycles. The van der Waals surface area contributed by atoms with E-state index in [0.29, 0.717) is 13.2 Å². The van der Waals surface area contributed by atoms with Gasteiger partial charge in [0.1, 0.15) is 0 Å². The zero-order valence-corrected chi connectivity index (χ0v) is 14.1. The van der Waals surface area contributed by atoms with Gasteiger partial charge in [0, 0.05) is 5.92 Å². The Labute approximate surface area is 142 Å². The predicted octanol–water partition coefficient (Wildman–Crippen LogP) is 3.11. The molecule has 0 bridgehead atoms. The Kier molecular flexibility index (Phi) is 5.11. The number of methoxy groups -OCH3 is 1. The summed E-state index contributed by atoms with van der Waals surface area (Å²) < 4.78 is 21.8. The topological polar surface area (TPSA) is 62.9 Å². The summed E-state index contributed by atoms with van der Waals surface area (Å²) in [5.74, 6) is 3.28. The van der Waals surface area contributed by atoms with E-state index in [1.165, 1.54) is 0 Å². The van der Waals surface area contributed by atoms with Gasteiger partial charge < -0.3 is 24.7 Å². The first-order chi connectivity index (χ1) is 11.7. The SMILES string of the molecule is CCOc1cc(CC(CN)c2ccc3c(c2)OCO3)ccc1OC. The van der Waals surface area contributed by atoms with E-state index in [9.17, 15) is 0 Å². The van der Waals surface area contributed by atoms with Crippen molar-refractivity contribution in [1.82, 2.24) is 0 Å². The standard InChI is InChI=1S/C19H23NO4/c1-3-22-18-9-13(4-6-16(18)21-2)8-15(11-20)14-5-7-17-19(10-14)24-12-23-17/h4-7,9-10,15H,3,8,11-12,20H2,1-2H3. The Morgan fingerprint density at radius 1 is 1.08 bits per heavy atom. The van der Waals surface area contributed by atoms with Gasteiger partial charge in [0.25, 0.3) is 0 Å². The van der Waals surface area contributed by atoms with E-state index in [4.69, 9.17) is 24.7 Å². The minimum Gasteiger partial charge on any atom is -0.493 e. The summed E-state index contributed by atoms with van der Waals surface area (Å²) in [7, 11) is 1.65. The second-order valence-corrected chi connectivity index (χ2v) is 5.67. The summed E-state index contributed by atoms with van der Waals surface area (Å²) in [6.45, 7) is 3.39. The zero-order chi connectivity index (χ0) is 16.9. The number of nitrogens with two attached hydrogens (primary N) is 1. The molecule has 24 heavy (non-hydrogen) atoms. The molecule has 5 nitrogen and oxygen atoms in total. The van der Waals surface area contributed by atoms with Crippen molar-refractivity contribution in [2.24, 2.45) is 5.73 Å². The molecule has 0 fully saturated rings. The molecule has 2 aromatic rings. The fraction of sp³-hybridized carbons (Fsp3) is 0.368. The maximum absolute atomic E-state index is 6.02. The molecule has 1 heterocycles. The van der Waals surface area contributed by atoms with E-state index in [0.717, 1.165) is 40.5 Å². The fourth-order valence-electron chi connectivity index (χ4n) is 2.91. The van der Waals surface area contributed by atoms with Gasteiger partial charge >= 0.3 is 0 Å². The number of benzene rings is 2. The molecular formula is C19H23NO4. The molecule has 3 rings (SSSR count). The van der Waals surface area contributed by atoms with Crippen LogP contribution in [0.5, 0.6) is 23.0 Å². The van der Waals surface area contributed by atoms with Crippen molar-refractivity contribution in [3.05, 3.63) is 47.5 Å². The summed E-state index contributed by atoms with van der Waals surface area (Å²) in [5, 5.41) is 0. The van der Waals surface area contributed by atoms with Crippen molar-refractivity contribution in [2.75, 3.05) is 27.1 Å². The van der Waals surface area contributed by atoms with Gasteiger partial charge in [-0.15, -0.1) is 0 Å². The minimum absolute atomic E-state index is 0.197. The molecule has 2 N–H and O–H groups in total. The summed E-state index contributed by atoms with van der Waals surface area (Å²) in [4.78, 5) is 0. The molecule has 0 amide bonds. The van der Waals surface area contributed by atoms with Crippen molar-refractivity contribution < 1.29 is 18.9 Å². The number of hydrogen-bond donors (Lipinski definition) is 1. The number of fused-ring (bicyclic) bond motifs is 1. The van der Waals surface area contributed by atoms with Gasteiger partial charge in [-0.25, -0.2) is 0 Å². The number of ether oxygens (including phenoxy) is 4. The molecule has 1 aliphatic heterocycles. The maximum atomic E-state index is 6.02. The monoisotopic (exact) mass is 329 g/mol. The van der Waals surface area contributed by atoms with E-state index in [2.05, 4.69) is 12.1 Å². The average molecular weight is 329 g/mol. The van der Waals surface area contributed by atoms with Gasteiger partial charge in [-0.05, 0) is 55.3 Å². The summed E-state index contributed by atoms with van der Waals surface area (Å²) in [6, 6.07) is 12.0. The van der Waals surface area contributed by atoms with Gasteiger partial charge in [0.2, 0.25) is 6.79 Å². The van der Waals surface area contributed by atoms with Crippen LogP contribution in [0, 0.1) is 0 Å². The number of hydrogen-bond acceptors (Lipinski definition) is 5. The first kappa shape index (κ1) is 16.5. The molecular weight excluding hydrogens is 306 g/mol. The van der Waals surface area contributed by atoms with Gasteiger partial charge in [0.05, 0.1) is 13.7 Å². The van der Waals surface area contributed by atoms with Crippen LogP contribution in [0.15, 0.2) is 36.4 Å². The van der Waals surface area contributed by atoms with Gasteiger partial charge in [-0.3, -0.25) is 0 Å². The van der Waals surface area contributed by atoms with Crippen LogP contribution in [-0.4, -0.2) is 27.1 Å². The molecule has 0 aliphatic carbocycles. The average Bonchev–Trinajstić information content (AvgIpc) is 3.08. The predicted molar refractivity (Wildman–Crippen MR) is 92.2 cm³/mol. The highest BCUT2D eigenvalue weighted by atomic mass is 16.7. The highest BCUT2D eigenvalue weighted by molar-refractivity contribution is 5.47. The second kappa shape index (κ2) is 7.45. The lowest BCUT2D eigenvalue weighted by Gasteiger charge is -2.17. The van der Waals surface area contributed by atoms with Crippen molar-refractivity contribution in [3.63, 3.8) is 0 Å². The van der Waals surface area contributed by atoms with Crippen molar-refractivity contribution in [3.8, 4) is 23.0 Å². The third-order valence-corrected chi connectivity index (χ3v) is 4.16. The van der Waals surface area contributed by atoms with Gasteiger partial charge in [-0.1, -0.05) is 12.1 Å². The molecule has 128 valence electrons. The first-order valence-electron chi connectivity index (χ1n) is 8.14. The Hall–Kier alpha value is -2.40. The fourth-order valence-corrected chi connectivity index (χ4v) is 2.91. The summed E-state index contributed by atoms with van der Waals surface area (Å²) in [6.07, 6.45) is 0.820. The second-order valence-electron chi connectivity index (χ2n) is 5.67. The van der Waals surface area contributed by atoms with Crippen LogP contribution < -0.4 is 24.7 Å². The number of rotatable bonds is 7. The normalized spacial score (nSPS) is 13.6. The lowest BCUT2D eigenvalue weighted by Crippen LogP contribution is -2.15. The van der Waals surface area contributed by atoms with Crippen LogP contribution in [0.3, 0.4) is 0 Å². The van der Waals surface area contributed by atoms with E-state index in [-0.39, 0.29) is 12.7 Å². The Balaban J connectivity index is 1.81. The largest absolute Gasteiger partial charge is 0.493 e. The van der Waals surface area contributed by atoms with Crippen LogP contribution in [0.4, 0.5) is 0 Å². The van der Waals surface area contributed by atoms with Gasteiger partial charge in [0.15, 0.2) is 23.0 Å². The lowest BCUT2D eigenvalue weighted by atomic mass is 9.91. The highest BCUT2D eigenvalue weighted by Gasteiger charge is 2.18. The molecule has 1 aliphatic rings.